The Balaban J connectivity index is 1.46. The standard InChI is InChI=1S/C23H21ClN8O3/c1-31(2)23-28-21(25-13-15-6-4-3-5-7-15)27-22(29-23)30-26-14-17-9-11-20(35-17)18-10-8-16(32(33)34)12-19(18)24/h3-12,14H,13H2,1-2H3,(H2,25,27,28,29,30). The Hall–Kier alpha value is -4.51. The minimum Gasteiger partial charge on any atom is -0.455 e. The van der Waals surface area contributed by atoms with Gasteiger partial charge < -0.3 is 14.6 Å². The molecule has 0 amide bonds. The minimum atomic E-state index is -0.507. The van der Waals surface area contributed by atoms with Crippen LogP contribution in [-0.4, -0.2) is 40.2 Å². The van der Waals surface area contributed by atoms with Crippen molar-refractivity contribution in [1.82, 2.24) is 15.0 Å². The third-order valence-corrected chi connectivity index (χ3v) is 5.04. The van der Waals surface area contributed by atoms with Crippen molar-refractivity contribution in [1.29, 1.82) is 0 Å². The van der Waals surface area contributed by atoms with E-state index < -0.39 is 4.92 Å². The normalized spacial score (nSPS) is 10.9. The first-order valence-corrected chi connectivity index (χ1v) is 10.8. The van der Waals surface area contributed by atoms with Crippen molar-refractivity contribution in [2.45, 2.75) is 6.54 Å². The van der Waals surface area contributed by atoms with Gasteiger partial charge in [-0.3, -0.25) is 10.1 Å². The van der Waals surface area contributed by atoms with Crippen LogP contribution >= 0.6 is 11.6 Å². The Bertz CT molecular complexity index is 1360. The SMILES string of the molecule is CN(C)c1nc(NCc2ccccc2)nc(NN=Cc2ccc(-c3ccc([N+](=O)[O-])cc3Cl)o2)n1. The number of non-ortho nitro benzene ring substituents is 1. The summed E-state index contributed by atoms with van der Waals surface area (Å²) in [6, 6.07) is 17.5. The zero-order valence-electron chi connectivity index (χ0n) is 18.8. The van der Waals surface area contributed by atoms with Gasteiger partial charge in [-0.15, -0.1) is 0 Å². The molecular weight excluding hydrogens is 472 g/mol. The molecule has 0 aliphatic rings. The monoisotopic (exact) mass is 492 g/mol. The molecule has 0 saturated heterocycles. The van der Waals surface area contributed by atoms with Crippen LogP contribution in [0.3, 0.4) is 0 Å². The number of aromatic nitrogens is 3. The Morgan fingerprint density at radius 1 is 1.09 bits per heavy atom. The van der Waals surface area contributed by atoms with Gasteiger partial charge in [0.05, 0.1) is 16.2 Å². The Morgan fingerprint density at radius 2 is 1.86 bits per heavy atom. The number of benzene rings is 2. The lowest BCUT2D eigenvalue weighted by Gasteiger charge is -2.13. The van der Waals surface area contributed by atoms with Crippen LogP contribution in [0.2, 0.25) is 5.02 Å². The number of halogens is 1. The quantitative estimate of drug-likeness (QED) is 0.191. The fraction of sp³-hybridized carbons (Fsp3) is 0.130. The van der Waals surface area contributed by atoms with Gasteiger partial charge in [0, 0.05) is 38.3 Å². The average molecular weight is 493 g/mol. The Labute approximate surface area is 205 Å². The van der Waals surface area contributed by atoms with Crippen molar-refractivity contribution >= 4 is 41.3 Å². The van der Waals surface area contributed by atoms with Crippen molar-refractivity contribution in [2.24, 2.45) is 5.10 Å². The zero-order chi connectivity index (χ0) is 24.8. The topological polar surface area (TPSA) is 135 Å². The summed E-state index contributed by atoms with van der Waals surface area (Å²) in [5.41, 5.74) is 4.32. The summed E-state index contributed by atoms with van der Waals surface area (Å²) in [5.74, 6) is 2.00. The van der Waals surface area contributed by atoms with Gasteiger partial charge in [-0.05, 0) is 23.8 Å². The van der Waals surface area contributed by atoms with Crippen LogP contribution in [-0.2, 0) is 6.54 Å². The van der Waals surface area contributed by atoms with Crippen LogP contribution in [0.5, 0.6) is 0 Å². The van der Waals surface area contributed by atoms with E-state index in [1.54, 1.807) is 17.0 Å². The smallest absolute Gasteiger partial charge is 0.270 e. The first-order chi connectivity index (χ1) is 16.9. The van der Waals surface area contributed by atoms with E-state index in [2.05, 4.69) is 30.8 Å². The van der Waals surface area contributed by atoms with Gasteiger partial charge in [-0.1, -0.05) is 41.9 Å². The number of furan rings is 1. The molecule has 2 heterocycles. The maximum absolute atomic E-state index is 10.9. The summed E-state index contributed by atoms with van der Waals surface area (Å²) in [6.45, 7) is 0.556. The third-order valence-electron chi connectivity index (χ3n) is 4.73. The maximum Gasteiger partial charge on any atom is 0.270 e. The molecule has 0 aliphatic carbocycles. The molecule has 0 spiro atoms. The molecule has 0 radical (unpaired) electrons. The molecule has 0 saturated carbocycles. The first kappa shape index (κ1) is 23.6. The molecule has 4 rings (SSSR count). The Kier molecular flexibility index (Phi) is 7.17. The first-order valence-electron chi connectivity index (χ1n) is 10.4. The van der Waals surface area contributed by atoms with Gasteiger partial charge in [0.1, 0.15) is 11.5 Å². The number of hydrazone groups is 1. The van der Waals surface area contributed by atoms with Gasteiger partial charge in [0.2, 0.25) is 17.8 Å². The molecule has 11 nitrogen and oxygen atoms in total. The molecule has 0 atom stereocenters. The van der Waals surface area contributed by atoms with E-state index in [1.165, 1.54) is 24.4 Å². The second-order valence-electron chi connectivity index (χ2n) is 7.51. The fourth-order valence-corrected chi connectivity index (χ4v) is 3.28. The molecular formula is C23H21ClN8O3. The van der Waals surface area contributed by atoms with Crippen LogP contribution in [0.1, 0.15) is 11.3 Å². The summed E-state index contributed by atoms with van der Waals surface area (Å²) < 4.78 is 5.74. The highest BCUT2D eigenvalue weighted by atomic mass is 35.5. The number of nitro benzene ring substituents is 1. The van der Waals surface area contributed by atoms with Crippen molar-refractivity contribution in [3.63, 3.8) is 0 Å². The summed E-state index contributed by atoms with van der Waals surface area (Å²) in [4.78, 5) is 25.3. The van der Waals surface area contributed by atoms with Crippen molar-refractivity contribution in [2.75, 3.05) is 29.7 Å². The molecule has 12 heteroatoms. The van der Waals surface area contributed by atoms with Gasteiger partial charge in [0.15, 0.2) is 0 Å². The Morgan fingerprint density at radius 3 is 2.57 bits per heavy atom. The maximum atomic E-state index is 10.9. The highest BCUT2D eigenvalue weighted by Crippen LogP contribution is 2.32. The van der Waals surface area contributed by atoms with Crippen molar-refractivity contribution in [3.05, 3.63) is 87.1 Å². The minimum absolute atomic E-state index is 0.0941. The van der Waals surface area contributed by atoms with Gasteiger partial charge in [-0.2, -0.15) is 20.1 Å². The van der Waals surface area contributed by atoms with Crippen molar-refractivity contribution < 1.29 is 9.34 Å². The molecule has 35 heavy (non-hydrogen) atoms. The molecule has 0 bridgehead atoms. The van der Waals surface area contributed by atoms with E-state index in [-0.39, 0.29) is 16.7 Å². The summed E-state index contributed by atoms with van der Waals surface area (Å²) in [5, 5.41) is 18.5. The number of anilines is 3. The van der Waals surface area contributed by atoms with Crippen LogP contribution < -0.4 is 15.6 Å². The lowest BCUT2D eigenvalue weighted by Crippen LogP contribution is -2.16. The third kappa shape index (κ3) is 6.09. The molecule has 2 aromatic carbocycles. The predicted molar refractivity (Wildman–Crippen MR) is 135 cm³/mol. The van der Waals surface area contributed by atoms with E-state index >= 15 is 0 Å². The van der Waals surface area contributed by atoms with E-state index in [9.17, 15) is 10.1 Å². The summed E-state index contributed by atoms with van der Waals surface area (Å²) >= 11 is 6.18. The van der Waals surface area contributed by atoms with E-state index in [0.717, 1.165) is 5.56 Å². The predicted octanol–water partition coefficient (Wildman–Crippen LogP) is 4.82. The van der Waals surface area contributed by atoms with E-state index in [0.29, 0.717) is 35.5 Å². The molecule has 0 aliphatic heterocycles. The van der Waals surface area contributed by atoms with Crippen LogP contribution in [0, 0.1) is 10.1 Å². The molecule has 4 aromatic rings. The highest BCUT2D eigenvalue weighted by Gasteiger charge is 2.13. The molecule has 0 unspecified atom stereocenters. The lowest BCUT2D eigenvalue weighted by atomic mass is 10.1. The molecule has 0 fully saturated rings. The second-order valence-corrected chi connectivity index (χ2v) is 7.92. The average Bonchev–Trinajstić information content (AvgIpc) is 3.31. The van der Waals surface area contributed by atoms with Gasteiger partial charge >= 0.3 is 0 Å². The molecule has 2 aromatic heterocycles. The van der Waals surface area contributed by atoms with E-state index in [1.807, 2.05) is 44.4 Å². The van der Waals surface area contributed by atoms with Crippen LogP contribution in [0.25, 0.3) is 11.3 Å². The van der Waals surface area contributed by atoms with Gasteiger partial charge in [0.25, 0.3) is 5.69 Å². The van der Waals surface area contributed by atoms with Gasteiger partial charge in [-0.25, -0.2) is 5.43 Å². The van der Waals surface area contributed by atoms with Crippen molar-refractivity contribution in [3.8, 4) is 11.3 Å². The highest BCUT2D eigenvalue weighted by molar-refractivity contribution is 6.33. The van der Waals surface area contributed by atoms with Crippen LogP contribution in [0.15, 0.2) is 70.2 Å². The number of rotatable bonds is 9. The van der Waals surface area contributed by atoms with E-state index in [4.69, 9.17) is 16.0 Å². The number of hydrogen-bond donors (Lipinski definition) is 2. The zero-order valence-corrected chi connectivity index (χ0v) is 19.6. The molecule has 178 valence electrons. The fourth-order valence-electron chi connectivity index (χ4n) is 3.01. The largest absolute Gasteiger partial charge is 0.455 e. The summed E-state index contributed by atoms with van der Waals surface area (Å²) in [7, 11) is 3.66. The summed E-state index contributed by atoms with van der Waals surface area (Å²) in [6.07, 6.45) is 1.46. The second kappa shape index (κ2) is 10.6. The van der Waals surface area contributed by atoms with Crippen LogP contribution in [0.4, 0.5) is 23.5 Å². The number of nitrogens with zero attached hydrogens (tertiary/aromatic N) is 6. The number of hydrogen-bond acceptors (Lipinski definition) is 10. The lowest BCUT2D eigenvalue weighted by molar-refractivity contribution is -0.384. The number of nitrogens with one attached hydrogen (secondary N) is 2. The molecule has 2 N–H and O–H groups in total. The number of nitro groups is 1.